The Morgan fingerprint density at radius 3 is 3.00 bits per heavy atom. The monoisotopic (exact) mass is 229 g/mol. The zero-order valence-corrected chi connectivity index (χ0v) is 9.09. The van der Waals surface area contributed by atoms with Gasteiger partial charge in [0.15, 0.2) is 5.69 Å². The molecule has 5 nitrogen and oxygen atoms in total. The second kappa shape index (κ2) is 4.10. The Morgan fingerprint density at radius 1 is 1.29 bits per heavy atom. The average molecular weight is 229 g/mol. The quantitative estimate of drug-likeness (QED) is 0.807. The van der Waals surface area contributed by atoms with E-state index in [1.165, 1.54) is 0 Å². The predicted molar refractivity (Wildman–Crippen MR) is 61.1 cm³/mol. The summed E-state index contributed by atoms with van der Waals surface area (Å²) in [6.45, 7) is 0. The summed E-state index contributed by atoms with van der Waals surface area (Å²) in [7, 11) is 0. The number of rotatable bonds is 3. The van der Waals surface area contributed by atoms with E-state index < -0.39 is 5.97 Å². The van der Waals surface area contributed by atoms with E-state index in [1.807, 2.05) is 6.07 Å². The summed E-state index contributed by atoms with van der Waals surface area (Å²) in [5.41, 5.74) is 4.44. The first kappa shape index (κ1) is 10.2. The molecule has 0 aromatic carbocycles. The standard InChI is InChI=1S/C12H11N3O2/c16-12(17-15-8-3-4-8)11-6-5-9-10(14-11)2-1-7-13-9/h1-2,5-8,15H,3-4H2. The van der Waals surface area contributed by atoms with Gasteiger partial charge in [-0.2, -0.15) is 0 Å². The number of pyridine rings is 2. The summed E-state index contributed by atoms with van der Waals surface area (Å²) in [6, 6.07) is 7.30. The van der Waals surface area contributed by atoms with Crippen LogP contribution >= 0.6 is 0 Å². The molecule has 5 heteroatoms. The number of hydroxylamine groups is 1. The van der Waals surface area contributed by atoms with Gasteiger partial charge in [-0.15, -0.1) is 5.48 Å². The Hall–Kier alpha value is -2.01. The number of hydrogen-bond acceptors (Lipinski definition) is 5. The van der Waals surface area contributed by atoms with Crippen molar-refractivity contribution in [2.24, 2.45) is 0 Å². The van der Waals surface area contributed by atoms with Crippen molar-refractivity contribution in [2.75, 3.05) is 0 Å². The molecule has 0 saturated heterocycles. The molecule has 1 aliphatic carbocycles. The highest BCUT2D eigenvalue weighted by atomic mass is 16.7. The number of hydrogen-bond donors (Lipinski definition) is 1. The summed E-state index contributed by atoms with van der Waals surface area (Å²) >= 11 is 0. The third kappa shape index (κ3) is 2.24. The van der Waals surface area contributed by atoms with Crippen molar-refractivity contribution in [3.8, 4) is 0 Å². The SMILES string of the molecule is O=C(ONC1CC1)c1ccc2ncccc2n1. The molecular weight excluding hydrogens is 218 g/mol. The smallest absolute Gasteiger partial charge is 0.365 e. The second-order valence-corrected chi connectivity index (χ2v) is 4.02. The van der Waals surface area contributed by atoms with E-state index in [9.17, 15) is 4.79 Å². The summed E-state index contributed by atoms with van der Waals surface area (Å²) in [6.07, 6.45) is 3.81. The molecule has 2 heterocycles. The molecule has 1 fully saturated rings. The van der Waals surface area contributed by atoms with Crippen molar-refractivity contribution in [2.45, 2.75) is 18.9 Å². The van der Waals surface area contributed by atoms with Crippen molar-refractivity contribution in [1.29, 1.82) is 0 Å². The van der Waals surface area contributed by atoms with E-state index in [-0.39, 0.29) is 0 Å². The lowest BCUT2D eigenvalue weighted by molar-refractivity contribution is 0.0229. The van der Waals surface area contributed by atoms with Crippen LogP contribution in [-0.4, -0.2) is 22.0 Å². The number of nitrogens with one attached hydrogen (secondary N) is 1. The molecule has 17 heavy (non-hydrogen) atoms. The van der Waals surface area contributed by atoms with E-state index >= 15 is 0 Å². The van der Waals surface area contributed by atoms with Gasteiger partial charge in [0.1, 0.15) is 0 Å². The molecule has 1 N–H and O–H groups in total. The van der Waals surface area contributed by atoms with Crippen LogP contribution in [0.5, 0.6) is 0 Å². The maximum Gasteiger partial charge on any atom is 0.375 e. The highest BCUT2D eigenvalue weighted by molar-refractivity contribution is 5.89. The van der Waals surface area contributed by atoms with Gasteiger partial charge in [0, 0.05) is 12.2 Å². The van der Waals surface area contributed by atoms with Crippen LogP contribution in [0.4, 0.5) is 0 Å². The van der Waals surface area contributed by atoms with Gasteiger partial charge in [0.05, 0.1) is 11.0 Å². The third-order valence-electron chi connectivity index (χ3n) is 2.56. The van der Waals surface area contributed by atoms with Crippen LogP contribution < -0.4 is 5.48 Å². The highest BCUT2D eigenvalue weighted by Gasteiger charge is 2.23. The number of fused-ring (bicyclic) bond motifs is 1. The third-order valence-corrected chi connectivity index (χ3v) is 2.56. The molecule has 3 rings (SSSR count). The molecule has 0 bridgehead atoms. The molecule has 0 unspecified atom stereocenters. The molecule has 0 amide bonds. The molecule has 2 aromatic rings. The Labute approximate surface area is 97.8 Å². The first-order valence-corrected chi connectivity index (χ1v) is 5.51. The lowest BCUT2D eigenvalue weighted by atomic mass is 10.3. The predicted octanol–water partition coefficient (Wildman–Crippen LogP) is 1.45. The fourth-order valence-corrected chi connectivity index (χ4v) is 1.46. The van der Waals surface area contributed by atoms with Crippen LogP contribution in [-0.2, 0) is 4.84 Å². The van der Waals surface area contributed by atoms with E-state index in [4.69, 9.17) is 4.84 Å². The minimum atomic E-state index is -0.456. The van der Waals surface area contributed by atoms with Crippen molar-refractivity contribution in [1.82, 2.24) is 15.4 Å². The fraction of sp³-hybridized carbons (Fsp3) is 0.250. The Morgan fingerprint density at radius 2 is 2.18 bits per heavy atom. The van der Waals surface area contributed by atoms with Crippen molar-refractivity contribution in [3.05, 3.63) is 36.2 Å². The Bertz CT molecular complexity index is 566. The van der Waals surface area contributed by atoms with Crippen LogP contribution in [0.2, 0.25) is 0 Å². The molecule has 1 saturated carbocycles. The molecule has 0 aliphatic heterocycles. The summed E-state index contributed by atoms with van der Waals surface area (Å²) in [5.74, 6) is -0.456. The van der Waals surface area contributed by atoms with Crippen molar-refractivity contribution in [3.63, 3.8) is 0 Å². The highest BCUT2D eigenvalue weighted by Crippen LogP contribution is 2.18. The van der Waals surface area contributed by atoms with Gasteiger partial charge in [0.2, 0.25) is 0 Å². The Balaban J connectivity index is 1.81. The lowest BCUT2D eigenvalue weighted by Crippen LogP contribution is -2.22. The maximum atomic E-state index is 11.7. The van der Waals surface area contributed by atoms with Crippen LogP contribution in [0.1, 0.15) is 23.3 Å². The minimum Gasteiger partial charge on any atom is -0.365 e. The zero-order chi connectivity index (χ0) is 11.7. The van der Waals surface area contributed by atoms with E-state index in [0.717, 1.165) is 18.4 Å². The fourth-order valence-electron chi connectivity index (χ4n) is 1.46. The summed E-state index contributed by atoms with van der Waals surface area (Å²) in [5, 5.41) is 0. The number of nitrogens with zero attached hydrogens (tertiary/aromatic N) is 2. The maximum absolute atomic E-state index is 11.7. The topological polar surface area (TPSA) is 64.1 Å². The number of carbonyl (C=O) groups is 1. The lowest BCUT2D eigenvalue weighted by Gasteiger charge is -2.04. The largest absolute Gasteiger partial charge is 0.375 e. The van der Waals surface area contributed by atoms with Gasteiger partial charge in [-0.3, -0.25) is 4.98 Å². The van der Waals surface area contributed by atoms with Crippen LogP contribution in [0.25, 0.3) is 11.0 Å². The molecule has 0 atom stereocenters. The molecule has 86 valence electrons. The first-order valence-electron chi connectivity index (χ1n) is 5.51. The van der Waals surface area contributed by atoms with Crippen LogP contribution in [0, 0.1) is 0 Å². The average Bonchev–Trinajstić information content (AvgIpc) is 3.19. The van der Waals surface area contributed by atoms with Gasteiger partial charge in [-0.05, 0) is 37.1 Å². The Kier molecular flexibility index (Phi) is 2.45. The second-order valence-electron chi connectivity index (χ2n) is 4.02. The number of aromatic nitrogens is 2. The number of carbonyl (C=O) groups excluding carboxylic acids is 1. The van der Waals surface area contributed by atoms with Crippen molar-refractivity contribution >= 4 is 17.0 Å². The van der Waals surface area contributed by atoms with Crippen molar-refractivity contribution < 1.29 is 9.63 Å². The first-order chi connectivity index (χ1) is 8.33. The van der Waals surface area contributed by atoms with Gasteiger partial charge in [0.25, 0.3) is 0 Å². The normalized spacial score (nSPS) is 14.8. The molecular formula is C12H11N3O2. The van der Waals surface area contributed by atoms with E-state index in [0.29, 0.717) is 17.3 Å². The van der Waals surface area contributed by atoms with Gasteiger partial charge < -0.3 is 4.84 Å². The summed E-state index contributed by atoms with van der Waals surface area (Å²) < 4.78 is 0. The minimum absolute atomic E-state index is 0.290. The van der Waals surface area contributed by atoms with Gasteiger partial charge in [-0.25, -0.2) is 9.78 Å². The molecule has 0 spiro atoms. The molecule has 2 aromatic heterocycles. The van der Waals surface area contributed by atoms with Gasteiger partial charge in [-0.1, -0.05) is 0 Å². The van der Waals surface area contributed by atoms with E-state index in [1.54, 1.807) is 24.4 Å². The van der Waals surface area contributed by atoms with Crippen LogP contribution in [0.3, 0.4) is 0 Å². The summed E-state index contributed by atoms with van der Waals surface area (Å²) in [4.78, 5) is 24.9. The molecule has 0 radical (unpaired) electrons. The van der Waals surface area contributed by atoms with Crippen LogP contribution in [0.15, 0.2) is 30.5 Å². The molecule has 1 aliphatic rings. The van der Waals surface area contributed by atoms with E-state index in [2.05, 4.69) is 15.4 Å². The zero-order valence-electron chi connectivity index (χ0n) is 9.09. The van der Waals surface area contributed by atoms with Gasteiger partial charge >= 0.3 is 5.97 Å².